The van der Waals surface area contributed by atoms with Crippen LogP contribution in [0.25, 0.3) is 0 Å². The zero-order valence-electron chi connectivity index (χ0n) is 8.69. The van der Waals surface area contributed by atoms with Gasteiger partial charge in [0.25, 0.3) is 0 Å². The number of aliphatic hydroxyl groups excluding tert-OH is 3. The minimum absolute atomic E-state index is 0.0480. The highest BCUT2D eigenvalue weighted by Crippen LogP contribution is 2.15. The van der Waals surface area contributed by atoms with Gasteiger partial charge in [0.2, 0.25) is 0 Å². The van der Waals surface area contributed by atoms with Crippen LogP contribution in [0, 0.1) is 5.41 Å². The van der Waals surface area contributed by atoms with Gasteiger partial charge in [-0.25, -0.2) is 0 Å². The molecule has 0 saturated carbocycles. The fourth-order valence-corrected chi connectivity index (χ4v) is 1.32. The maximum atomic E-state index is 9.10. The smallest absolute Gasteiger partial charge is 0.0638 e. The van der Waals surface area contributed by atoms with Crippen LogP contribution in [0.3, 0.4) is 0 Å². The molecule has 4 nitrogen and oxygen atoms in total. The van der Waals surface area contributed by atoms with Gasteiger partial charge in [-0.05, 0) is 14.0 Å². The standard InChI is InChI=1S/C9H21NO3/c1-8(13)4-10(3)5-9(2,6-11)7-12/h8,11-13H,4-7H2,1-3H3. The quantitative estimate of drug-likeness (QED) is 0.519. The second-order valence-electron chi connectivity index (χ2n) is 4.17. The zero-order valence-corrected chi connectivity index (χ0v) is 8.69. The van der Waals surface area contributed by atoms with Gasteiger partial charge in [-0.1, -0.05) is 6.92 Å². The number of likely N-dealkylation sites (N-methyl/N-ethyl adjacent to an activating group) is 1. The average Bonchev–Trinajstić information content (AvgIpc) is 2.02. The number of rotatable bonds is 6. The van der Waals surface area contributed by atoms with Crippen molar-refractivity contribution >= 4 is 0 Å². The molecule has 0 fully saturated rings. The normalized spacial score (nSPS) is 15.0. The van der Waals surface area contributed by atoms with Gasteiger partial charge in [0.1, 0.15) is 0 Å². The number of aliphatic hydroxyl groups is 3. The molecule has 13 heavy (non-hydrogen) atoms. The lowest BCUT2D eigenvalue weighted by Gasteiger charge is -2.30. The molecule has 0 aromatic heterocycles. The molecule has 1 atom stereocenters. The van der Waals surface area contributed by atoms with Gasteiger partial charge in [-0.2, -0.15) is 0 Å². The Bertz CT molecular complexity index is 135. The van der Waals surface area contributed by atoms with Crippen LogP contribution in [0.4, 0.5) is 0 Å². The van der Waals surface area contributed by atoms with E-state index in [-0.39, 0.29) is 19.3 Å². The Hall–Kier alpha value is -0.160. The summed E-state index contributed by atoms with van der Waals surface area (Å²) in [5.74, 6) is 0. The van der Waals surface area contributed by atoms with Crippen LogP contribution in [0.2, 0.25) is 0 Å². The SMILES string of the molecule is CC(O)CN(C)CC(C)(CO)CO. The van der Waals surface area contributed by atoms with E-state index < -0.39 is 5.41 Å². The highest BCUT2D eigenvalue weighted by molar-refractivity contribution is 4.76. The lowest BCUT2D eigenvalue weighted by Crippen LogP contribution is -2.41. The van der Waals surface area contributed by atoms with Gasteiger partial charge in [0.15, 0.2) is 0 Å². The van der Waals surface area contributed by atoms with Crippen molar-refractivity contribution in [1.29, 1.82) is 0 Å². The molecule has 1 unspecified atom stereocenters. The minimum atomic E-state index is -0.482. The van der Waals surface area contributed by atoms with Crippen LogP contribution in [0.5, 0.6) is 0 Å². The number of hydrogen-bond donors (Lipinski definition) is 3. The third-order valence-corrected chi connectivity index (χ3v) is 1.99. The van der Waals surface area contributed by atoms with Crippen LogP contribution in [0.15, 0.2) is 0 Å². The van der Waals surface area contributed by atoms with Crippen molar-refractivity contribution in [2.24, 2.45) is 5.41 Å². The third kappa shape index (κ3) is 5.21. The molecule has 0 spiro atoms. The van der Waals surface area contributed by atoms with Crippen molar-refractivity contribution in [2.75, 3.05) is 33.4 Å². The van der Waals surface area contributed by atoms with Crippen molar-refractivity contribution in [3.63, 3.8) is 0 Å². The second-order valence-corrected chi connectivity index (χ2v) is 4.17. The van der Waals surface area contributed by atoms with E-state index in [2.05, 4.69) is 0 Å². The van der Waals surface area contributed by atoms with Crippen molar-refractivity contribution in [1.82, 2.24) is 4.90 Å². The Labute approximate surface area is 79.8 Å². The summed E-state index contributed by atoms with van der Waals surface area (Å²) in [5, 5.41) is 27.1. The summed E-state index contributed by atoms with van der Waals surface area (Å²) in [6.07, 6.45) is -0.383. The monoisotopic (exact) mass is 191 g/mol. The van der Waals surface area contributed by atoms with Gasteiger partial charge in [0, 0.05) is 18.5 Å². The van der Waals surface area contributed by atoms with Crippen molar-refractivity contribution in [3.05, 3.63) is 0 Å². The molecule has 3 N–H and O–H groups in total. The highest BCUT2D eigenvalue weighted by Gasteiger charge is 2.24. The molecule has 0 aliphatic heterocycles. The summed E-state index contributed by atoms with van der Waals surface area (Å²) in [7, 11) is 1.86. The molecule has 0 aliphatic carbocycles. The van der Waals surface area contributed by atoms with E-state index in [4.69, 9.17) is 15.3 Å². The topological polar surface area (TPSA) is 63.9 Å². The molecule has 0 aliphatic rings. The van der Waals surface area contributed by atoms with E-state index >= 15 is 0 Å². The molecule has 0 amide bonds. The third-order valence-electron chi connectivity index (χ3n) is 1.99. The summed E-state index contributed by atoms with van der Waals surface area (Å²) >= 11 is 0. The summed E-state index contributed by atoms with van der Waals surface area (Å²) in [4.78, 5) is 1.90. The Balaban J connectivity index is 3.94. The molecule has 0 radical (unpaired) electrons. The highest BCUT2D eigenvalue weighted by atomic mass is 16.3. The zero-order chi connectivity index (χ0) is 10.5. The average molecular weight is 191 g/mol. The fourth-order valence-electron chi connectivity index (χ4n) is 1.32. The Kier molecular flexibility index (Phi) is 5.48. The van der Waals surface area contributed by atoms with Crippen LogP contribution in [0.1, 0.15) is 13.8 Å². The van der Waals surface area contributed by atoms with E-state index in [1.807, 2.05) is 18.9 Å². The summed E-state index contributed by atoms with van der Waals surface area (Å²) in [6, 6.07) is 0. The Morgan fingerprint density at radius 3 is 2.08 bits per heavy atom. The summed E-state index contributed by atoms with van der Waals surface area (Å²) < 4.78 is 0. The lowest BCUT2D eigenvalue weighted by atomic mass is 9.92. The predicted octanol–water partition coefficient (Wildman–Crippen LogP) is -0.710. The largest absolute Gasteiger partial charge is 0.396 e. The molecule has 0 saturated heterocycles. The van der Waals surface area contributed by atoms with E-state index in [0.717, 1.165) is 0 Å². The lowest BCUT2D eigenvalue weighted by molar-refractivity contribution is 0.0305. The maximum absolute atomic E-state index is 9.10. The summed E-state index contributed by atoms with van der Waals surface area (Å²) in [5.41, 5.74) is -0.482. The Morgan fingerprint density at radius 2 is 1.77 bits per heavy atom. The van der Waals surface area contributed by atoms with E-state index in [9.17, 15) is 0 Å². The van der Waals surface area contributed by atoms with Crippen LogP contribution >= 0.6 is 0 Å². The van der Waals surface area contributed by atoms with Crippen LogP contribution in [-0.2, 0) is 0 Å². The molecule has 0 rings (SSSR count). The molecule has 80 valence electrons. The molecular formula is C9H21NO3. The minimum Gasteiger partial charge on any atom is -0.396 e. The first kappa shape index (κ1) is 12.8. The van der Waals surface area contributed by atoms with E-state index in [1.165, 1.54) is 0 Å². The van der Waals surface area contributed by atoms with Crippen LogP contribution < -0.4 is 0 Å². The molecule has 0 heterocycles. The van der Waals surface area contributed by atoms with Crippen molar-refractivity contribution in [2.45, 2.75) is 20.0 Å². The number of nitrogens with zero attached hydrogens (tertiary/aromatic N) is 1. The summed E-state index contributed by atoms with van der Waals surface area (Å²) in [6.45, 7) is 4.55. The van der Waals surface area contributed by atoms with E-state index in [1.54, 1.807) is 6.92 Å². The predicted molar refractivity (Wildman–Crippen MR) is 51.5 cm³/mol. The van der Waals surface area contributed by atoms with Gasteiger partial charge < -0.3 is 20.2 Å². The molecule has 0 bridgehead atoms. The molecule has 0 aromatic carbocycles. The number of hydrogen-bond acceptors (Lipinski definition) is 4. The van der Waals surface area contributed by atoms with Gasteiger partial charge in [0.05, 0.1) is 19.3 Å². The Morgan fingerprint density at radius 1 is 1.31 bits per heavy atom. The van der Waals surface area contributed by atoms with Crippen molar-refractivity contribution < 1.29 is 15.3 Å². The van der Waals surface area contributed by atoms with Gasteiger partial charge in [-0.15, -0.1) is 0 Å². The first-order valence-electron chi connectivity index (χ1n) is 4.52. The van der Waals surface area contributed by atoms with Crippen molar-refractivity contribution in [3.8, 4) is 0 Å². The maximum Gasteiger partial charge on any atom is 0.0638 e. The van der Waals surface area contributed by atoms with Crippen LogP contribution in [-0.4, -0.2) is 59.7 Å². The fraction of sp³-hybridized carbons (Fsp3) is 1.00. The second kappa shape index (κ2) is 5.54. The van der Waals surface area contributed by atoms with E-state index in [0.29, 0.717) is 13.1 Å². The molecule has 0 aromatic rings. The van der Waals surface area contributed by atoms with Gasteiger partial charge in [-0.3, -0.25) is 0 Å². The first-order valence-corrected chi connectivity index (χ1v) is 4.52. The first-order chi connectivity index (χ1) is 5.93. The molecular weight excluding hydrogens is 170 g/mol. The molecule has 4 heteroatoms. The van der Waals surface area contributed by atoms with Gasteiger partial charge >= 0.3 is 0 Å².